The predicted octanol–water partition coefficient (Wildman–Crippen LogP) is 3.12. The van der Waals surface area contributed by atoms with Crippen molar-refractivity contribution in [1.29, 1.82) is 0 Å². The summed E-state index contributed by atoms with van der Waals surface area (Å²) in [6.07, 6.45) is 2.35. The van der Waals surface area contributed by atoms with Gasteiger partial charge in [-0.3, -0.25) is 4.79 Å². The Morgan fingerprint density at radius 2 is 2.35 bits per heavy atom. The van der Waals surface area contributed by atoms with Crippen LogP contribution in [0.5, 0.6) is 0 Å². The molecule has 1 aliphatic rings. The first-order valence-corrected chi connectivity index (χ1v) is 6.23. The second kappa shape index (κ2) is 5.00. The molecule has 2 rings (SSSR count). The molecule has 1 aromatic rings. The first kappa shape index (κ1) is 12.3. The molecule has 1 heterocycles. The Labute approximate surface area is 108 Å². The second-order valence-corrected chi connectivity index (χ2v) is 5.08. The fourth-order valence-electron chi connectivity index (χ4n) is 1.97. The molecule has 0 aliphatic carbocycles. The van der Waals surface area contributed by atoms with E-state index < -0.39 is 0 Å². The van der Waals surface area contributed by atoms with Crippen LogP contribution in [-0.2, 0) is 11.3 Å². The summed E-state index contributed by atoms with van der Waals surface area (Å²) in [5, 5.41) is 0. The van der Waals surface area contributed by atoms with Crippen LogP contribution >= 0.6 is 15.9 Å². The van der Waals surface area contributed by atoms with Crippen LogP contribution in [0.2, 0.25) is 0 Å². The number of nitrogens with zero attached hydrogens (tertiary/aromatic N) is 1. The number of rotatable bonds is 3. The summed E-state index contributed by atoms with van der Waals surface area (Å²) in [5.41, 5.74) is 0.927. The van der Waals surface area contributed by atoms with Gasteiger partial charge in [0.15, 0.2) is 0 Å². The molecule has 4 heteroatoms. The van der Waals surface area contributed by atoms with Gasteiger partial charge in [-0.25, -0.2) is 4.39 Å². The normalized spacial score (nSPS) is 19.8. The summed E-state index contributed by atoms with van der Waals surface area (Å²) in [6.45, 7) is 4.94. The van der Waals surface area contributed by atoms with Crippen molar-refractivity contribution in [2.45, 2.75) is 13.0 Å². The maximum absolute atomic E-state index is 13.1. The van der Waals surface area contributed by atoms with Gasteiger partial charge in [0.1, 0.15) is 5.82 Å². The topological polar surface area (TPSA) is 20.3 Å². The molecule has 1 amide bonds. The molecule has 0 saturated carbocycles. The average Bonchev–Trinajstić information content (AvgIpc) is 2.65. The third-order valence-electron chi connectivity index (χ3n) is 2.94. The number of amides is 1. The molecule has 1 aliphatic heterocycles. The highest BCUT2D eigenvalue weighted by Gasteiger charge is 2.27. The van der Waals surface area contributed by atoms with Crippen LogP contribution in [0.3, 0.4) is 0 Å². The van der Waals surface area contributed by atoms with E-state index in [2.05, 4.69) is 22.5 Å². The van der Waals surface area contributed by atoms with Crippen molar-refractivity contribution >= 4 is 21.8 Å². The van der Waals surface area contributed by atoms with Crippen LogP contribution in [0.4, 0.5) is 4.39 Å². The standard InChI is InChI=1S/C13H13BrFNO/c1-2-9-6-13(17)16(7-9)8-10-3-4-12(15)11(14)5-10/h2-5,9H,1,6-8H2. The van der Waals surface area contributed by atoms with Crippen molar-refractivity contribution in [2.24, 2.45) is 5.92 Å². The molecular weight excluding hydrogens is 285 g/mol. The van der Waals surface area contributed by atoms with E-state index in [1.165, 1.54) is 6.07 Å². The lowest BCUT2D eigenvalue weighted by Crippen LogP contribution is -2.24. The van der Waals surface area contributed by atoms with Crippen LogP contribution in [0, 0.1) is 11.7 Å². The SMILES string of the molecule is C=CC1CC(=O)N(Cc2ccc(F)c(Br)c2)C1. The van der Waals surface area contributed by atoms with Gasteiger partial charge in [0, 0.05) is 25.4 Å². The predicted molar refractivity (Wildman–Crippen MR) is 67.8 cm³/mol. The second-order valence-electron chi connectivity index (χ2n) is 4.22. The minimum Gasteiger partial charge on any atom is -0.338 e. The van der Waals surface area contributed by atoms with E-state index in [1.807, 2.05) is 6.08 Å². The maximum atomic E-state index is 13.1. The zero-order valence-electron chi connectivity index (χ0n) is 9.33. The van der Waals surface area contributed by atoms with Crippen molar-refractivity contribution in [3.05, 3.63) is 46.7 Å². The molecule has 90 valence electrons. The van der Waals surface area contributed by atoms with Gasteiger partial charge in [0.2, 0.25) is 5.91 Å². The highest BCUT2D eigenvalue weighted by molar-refractivity contribution is 9.10. The van der Waals surface area contributed by atoms with E-state index in [-0.39, 0.29) is 17.6 Å². The summed E-state index contributed by atoms with van der Waals surface area (Å²) >= 11 is 3.14. The van der Waals surface area contributed by atoms with Gasteiger partial charge in [-0.15, -0.1) is 6.58 Å². The smallest absolute Gasteiger partial charge is 0.223 e. The summed E-state index contributed by atoms with van der Waals surface area (Å²) in [5.74, 6) is 0.0900. The van der Waals surface area contributed by atoms with Crippen molar-refractivity contribution in [2.75, 3.05) is 6.54 Å². The Morgan fingerprint density at radius 1 is 1.59 bits per heavy atom. The number of carbonyl (C=O) groups excluding carboxylic acids is 1. The van der Waals surface area contributed by atoms with Gasteiger partial charge in [-0.1, -0.05) is 12.1 Å². The number of hydrogen-bond acceptors (Lipinski definition) is 1. The van der Waals surface area contributed by atoms with E-state index in [1.54, 1.807) is 17.0 Å². The number of benzene rings is 1. The molecule has 17 heavy (non-hydrogen) atoms. The molecule has 1 unspecified atom stereocenters. The lowest BCUT2D eigenvalue weighted by molar-refractivity contribution is -0.128. The lowest BCUT2D eigenvalue weighted by Gasteiger charge is -2.16. The molecule has 1 fully saturated rings. The average molecular weight is 298 g/mol. The Morgan fingerprint density at radius 3 is 2.94 bits per heavy atom. The Hall–Kier alpha value is -1.16. The molecule has 1 aromatic carbocycles. The van der Waals surface area contributed by atoms with E-state index in [9.17, 15) is 9.18 Å². The van der Waals surface area contributed by atoms with E-state index in [0.29, 0.717) is 24.0 Å². The van der Waals surface area contributed by atoms with E-state index in [4.69, 9.17) is 0 Å². The van der Waals surface area contributed by atoms with Crippen molar-refractivity contribution in [3.63, 3.8) is 0 Å². The van der Waals surface area contributed by atoms with Gasteiger partial charge in [-0.05, 0) is 33.6 Å². The zero-order chi connectivity index (χ0) is 12.4. The van der Waals surface area contributed by atoms with Gasteiger partial charge in [0.05, 0.1) is 4.47 Å². The maximum Gasteiger partial charge on any atom is 0.223 e. The van der Waals surface area contributed by atoms with E-state index in [0.717, 1.165) is 5.56 Å². The first-order valence-electron chi connectivity index (χ1n) is 5.44. The van der Waals surface area contributed by atoms with E-state index >= 15 is 0 Å². The molecule has 0 bridgehead atoms. The number of halogens is 2. The van der Waals surface area contributed by atoms with Crippen LogP contribution in [0.25, 0.3) is 0 Å². The number of carbonyl (C=O) groups is 1. The summed E-state index contributed by atoms with van der Waals surface area (Å²) in [4.78, 5) is 13.5. The summed E-state index contributed by atoms with van der Waals surface area (Å²) in [6, 6.07) is 4.82. The Bertz CT molecular complexity index is 461. The molecule has 0 aromatic heterocycles. The minimum atomic E-state index is -0.287. The molecule has 1 saturated heterocycles. The fraction of sp³-hybridized carbons (Fsp3) is 0.308. The number of hydrogen-bond donors (Lipinski definition) is 0. The van der Waals surface area contributed by atoms with Crippen LogP contribution in [0.1, 0.15) is 12.0 Å². The third-order valence-corrected chi connectivity index (χ3v) is 3.54. The van der Waals surface area contributed by atoms with Crippen LogP contribution < -0.4 is 0 Å². The lowest BCUT2D eigenvalue weighted by atomic mass is 10.1. The molecule has 0 radical (unpaired) electrons. The zero-order valence-corrected chi connectivity index (χ0v) is 10.9. The number of likely N-dealkylation sites (tertiary alicyclic amines) is 1. The van der Waals surface area contributed by atoms with Crippen LogP contribution in [0.15, 0.2) is 35.3 Å². The molecule has 0 spiro atoms. The minimum absolute atomic E-state index is 0.135. The molecule has 1 atom stereocenters. The molecule has 0 N–H and O–H groups in total. The Balaban J connectivity index is 2.08. The van der Waals surface area contributed by atoms with Crippen molar-refractivity contribution < 1.29 is 9.18 Å². The highest BCUT2D eigenvalue weighted by atomic mass is 79.9. The summed E-state index contributed by atoms with van der Waals surface area (Å²) < 4.78 is 13.5. The third kappa shape index (κ3) is 2.75. The van der Waals surface area contributed by atoms with Gasteiger partial charge in [0.25, 0.3) is 0 Å². The largest absolute Gasteiger partial charge is 0.338 e. The fourth-order valence-corrected chi connectivity index (χ4v) is 2.40. The monoisotopic (exact) mass is 297 g/mol. The van der Waals surface area contributed by atoms with Crippen molar-refractivity contribution in [1.82, 2.24) is 4.90 Å². The summed E-state index contributed by atoms with van der Waals surface area (Å²) in [7, 11) is 0. The van der Waals surface area contributed by atoms with Gasteiger partial charge < -0.3 is 4.90 Å². The van der Waals surface area contributed by atoms with Gasteiger partial charge in [-0.2, -0.15) is 0 Å². The van der Waals surface area contributed by atoms with Crippen LogP contribution in [-0.4, -0.2) is 17.4 Å². The quantitative estimate of drug-likeness (QED) is 0.785. The first-order chi connectivity index (χ1) is 8.10. The highest BCUT2D eigenvalue weighted by Crippen LogP contribution is 2.23. The molecule has 2 nitrogen and oxygen atoms in total. The molecular formula is C13H13BrFNO. The Kier molecular flexibility index (Phi) is 3.62. The van der Waals surface area contributed by atoms with Crippen molar-refractivity contribution in [3.8, 4) is 0 Å². The van der Waals surface area contributed by atoms with Gasteiger partial charge >= 0.3 is 0 Å².